The summed E-state index contributed by atoms with van der Waals surface area (Å²) in [5.74, 6) is -2.12. The molecule has 0 fully saturated rings. The number of benzene rings is 2. The first-order chi connectivity index (χ1) is 13.6. The topological polar surface area (TPSA) is 79.8 Å². The Hall–Kier alpha value is -3.94. The number of carbonyl (C=O) groups is 1. The van der Waals surface area contributed by atoms with Crippen LogP contribution in [0.25, 0.3) is 10.9 Å². The van der Waals surface area contributed by atoms with Crippen LogP contribution in [-0.4, -0.2) is 21.1 Å². The molecule has 4 rings (SSSR count). The average Bonchev–Trinajstić information content (AvgIpc) is 2.71. The fourth-order valence-electron chi connectivity index (χ4n) is 2.66. The van der Waals surface area contributed by atoms with E-state index >= 15 is 0 Å². The van der Waals surface area contributed by atoms with Crippen LogP contribution in [0.15, 0.2) is 66.9 Å². The van der Waals surface area contributed by atoms with E-state index in [1.165, 1.54) is 12.1 Å². The molecule has 4 aromatic rings. The Kier molecular flexibility index (Phi) is 4.59. The van der Waals surface area contributed by atoms with Gasteiger partial charge in [-0.15, -0.1) is 10.2 Å². The quantitative estimate of drug-likeness (QED) is 0.554. The molecule has 8 heteroatoms. The fraction of sp³-hybridized carbons (Fsp3) is 0. The van der Waals surface area contributed by atoms with E-state index in [9.17, 15) is 13.6 Å². The highest BCUT2D eigenvalue weighted by Gasteiger charge is 2.15. The van der Waals surface area contributed by atoms with Crippen LogP contribution in [0, 0.1) is 11.6 Å². The van der Waals surface area contributed by atoms with E-state index in [0.29, 0.717) is 5.82 Å². The van der Waals surface area contributed by atoms with E-state index < -0.39 is 23.2 Å². The molecule has 0 aliphatic heterocycles. The van der Waals surface area contributed by atoms with E-state index in [1.807, 2.05) is 30.3 Å². The number of anilines is 3. The lowest BCUT2D eigenvalue weighted by Crippen LogP contribution is -2.16. The van der Waals surface area contributed by atoms with Gasteiger partial charge < -0.3 is 10.6 Å². The summed E-state index contributed by atoms with van der Waals surface area (Å²) in [5.41, 5.74) is 0.893. The third-order valence-electron chi connectivity index (χ3n) is 3.99. The molecule has 2 aromatic heterocycles. The zero-order chi connectivity index (χ0) is 19.5. The van der Waals surface area contributed by atoms with Crippen LogP contribution in [0.3, 0.4) is 0 Å². The number of pyridine rings is 1. The van der Waals surface area contributed by atoms with Crippen LogP contribution in [-0.2, 0) is 0 Å². The second-order valence-electron chi connectivity index (χ2n) is 5.86. The number of fused-ring (bicyclic) bond motifs is 1. The molecule has 0 radical (unpaired) electrons. The van der Waals surface area contributed by atoms with Gasteiger partial charge >= 0.3 is 0 Å². The number of hydrogen-bond acceptors (Lipinski definition) is 5. The third kappa shape index (κ3) is 3.48. The smallest absolute Gasteiger partial charge is 0.276 e. The van der Waals surface area contributed by atoms with Gasteiger partial charge in [-0.3, -0.25) is 9.78 Å². The first-order valence-electron chi connectivity index (χ1n) is 8.32. The van der Waals surface area contributed by atoms with Crippen molar-refractivity contribution in [2.75, 3.05) is 10.6 Å². The average molecular weight is 377 g/mol. The van der Waals surface area contributed by atoms with Crippen molar-refractivity contribution in [3.8, 4) is 0 Å². The highest BCUT2D eigenvalue weighted by molar-refractivity contribution is 6.03. The van der Waals surface area contributed by atoms with Crippen molar-refractivity contribution < 1.29 is 13.6 Å². The van der Waals surface area contributed by atoms with Crippen molar-refractivity contribution >= 4 is 34.0 Å². The van der Waals surface area contributed by atoms with Gasteiger partial charge in [0.1, 0.15) is 17.3 Å². The SMILES string of the molecule is O=C(Nc1c(F)cccc1F)c1ccc(Nc2cccc3cccnc23)nn1. The Bertz CT molecular complexity index is 1140. The summed E-state index contributed by atoms with van der Waals surface area (Å²) in [6, 6.07) is 15.7. The Labute approximate surface area is 158 Å². The maximum atomic E-state index is 13.7. The third-order valence-corrected chi connectivity index (χ3v) is 3.99. The molecule has 138 valence electrons. The van der Waals surface area contributed by atoms with Crippen LogP contribution in [0.5, 0.6) is 0 Å². The normalized spacial score (nSPS) is 10.6. The number of carbonyl (C=O) groups excluding carboxylic acids is 1. The number of amides is 1. The predicted octanol–water partition coefficient (Wildman–Crippen LogP) is 4.30. The summed E-state index contributed by atoms with van der Waals surface area (Å²) in [4.78, 5) is 16.5. The van der Waals surface area contributed by atoms with Gasteiger partial charge in [-0.25, -0.2) is 8.78 Å². The minimum absolute atomic E-state index is 0.0794. The molecule has 0 unspecified atom stereocenters. The summed E-state index contributed by atoms with van der Waals surface area (Å²) >= 11 is 0. The number of para-hydroxylation sites is 2. The van der Waals surface area contributed by atoms with Gasteiger partial charge in [0.05, 0.1) is 11.2 Å². The molecule has 0 bridgehead atoms. The molecule has 2 aromatic carbocycles. The number of nitrogens with zero attached hydrogens (tertiary/aromatic N) is 3. The largest absolute Gasteiger partial charge is 0.337 e. The molecule has 0 aliphatic carbocycles. The minimum atomic E-state index is -0.872. The number of halogens is 2. The zero-order valence-corrected chi connectivity index (χ0v) is 14.4. The summed E-state index contributed by atoms with van der Waals surface area (Å²) in [6.07, 6.45) is 1.69. The van der Waals surface area contributed by atoms with Gasteiger partial charge in [0.15, 0.2) is 11.5 Å². The molecule has 0 saturated heterocycles. The molecule has 1 amide bonds. The standard InChI is InChI=1S/C20H13F2N5O/c21-13-6-2-7-14(22)19(13)25-20(28)16-9-10-17(27-26-16)24-15-8-1-4-12-5-3-11-23-18(12)15/h1-11H,(H,24,27)(H,25,28). The summed E-state index contributed by atoms with van der Waals surface area (Å²) in [5, 5.41) is 14.0. The summed E-state index contributed by atoms with van der Waals surface area (Å²) < 4.78 is 27.3. The van der Waals surface area contributed by atoms with E-state index in [-0.39, 0.29) is 5.69 Å². The molecule has 2 heterocycles. The molecule has 0 saturated carbocycles. The van der Waals surface area contributed by atoms with Gasteiger partial charge in [0.25, 0.3) is 5.91 Å². The Morgan fingerprint density at radius 2 is 1.61 bits per heavy atom. The van der Waals surface area contributed by atoms with Crippen LogP contribution in [0.2, 0.25) is 0 Å². The second-order valence-corrected chi connectivity index (χ2v) is 5.86. The predicted molar refractivity (Wildman–Crippen MR) is 101 cm³/mol. The lowest BCUT2D eigenvalue weighted by molar-refractivity contribution is 0.102. The lowest BCUT2D eigenvalue weighted by atomic mass is 10.2. The first kappa shape index (κ1) is 17.5. The lowest BCUT2D eigenvalue weighted by Gasteiger charge is -2.09. The van der Waals surface area contributed by atoms with E-state index in [2.05, 4.69) is 25.8 Å². The summed E-state index contributed by atoms with van der Waals surface area (Å²) in [7, 11) is 0. The number of hydrogen-bond donors (Lipinski definition) is 2. The van der Waals surface area contributed by atoms with Crippen LogP contribution < -0.4 is 10.6 Å². The van der Waals surface area contributed by atoms with E-state index in [0.717, 1.165) is 28.7 Å². The number of nitrogens with one attached hydrogen (secondary N) is 2. The monoisotopic (exact) mass is 377 g/mol. The van der Waals surface area contributed by atoms with Crippen molar-refractivity contribution in [1.29, 1.82) is 0 Å². The zero-order valence-electron chi connectivity index (χ0n) is 14.4. The molecule has 0 aliphatic rings. The van der Waals surface area contributed by atoms with E-state index in [1.54, 1.807) is 12.3 Å². The van der Waals surface area contributed by atoms with Crippen LogP contribution in [0.1, 0.15) is 10.5 Å². The highest BCUT2D eigenvalue weighted by atomic mass is 19.1. The first-order valence-corrected chi connectivity index (χ1v) is 8.32. The fourth-order valence-corrected chi connectivity index (χ4v) is 2.66. The van der Waals surface area contributed by atoms with Crippen molar-refractivity contribution in [3.05, 3.63) is 84.2 Å². The number of rotatable bonds is 4. The summed E-state index contributed by atoms with van der Waals surface area (Å²) in [6.45, 7) is 0. The molecule has 0 spiro atoms. The second kappa shape index (κ2) is 7.36. The van der Waals surface area contributed by atoms with Gasteiger partial charge in [-0.2, -0.15) is 0 Å². The molecule has 0 atom stereocenters. The van der Waals surface area contributed by atoms with Crippen molar-refractivity contribution in [2.24, 2.45) is 0 Å². The van der Waals surface area contributed by atoms with Crippen molar-refractivity contribution in [3.63, 3.8) is 0 Å². The Morgan fingerprint density at radius 3 is 2.36 bits per heavy atom. The molecule has 6 nitrogen and oxygen atoms in total. The minimum Gasteiger partial charge on any atom is -0.337 e. The van der Waals surface area contributed by atoms with Crippen molar-refractivity contribution in [2.45, 2.75) is 0 Å². The van der Waals surface area contributed by atoms with Gasteiger partial charge in [0, 0.05) is 11.6 Å². The van der Waals surface area contributed by atoms with Crippen molar-refractivity contribution in [1.82, 2.24) is 15.2 Å². The van der Waals surface area contributed by atoms with Gasteiger partial charge in [-0.05, 0) is 36.4 Å². The number of aromatic nitrogens is 3. The van der Waals surface area contributed by atoms with Crippen LogP contribution >= 0.6 is 0 Å². The van der Waals surface area contributed by atoms with Crippen LogP contribution in [0.4, 0.5) is 26.0 Å². The highest BCUT2D eigenvalue weighted by Crippen LogP contribution is 2.23. The van der Waals surface area contributed by atoms with Gasteiger partial charge in [-0.1, -0.05) is 24.3 Å². The van der Waals surface area contributed by atoms with E-state index in [4.69, 9.17) is 0 Å². The Morgan fingerprint density at radius 1 is 0.857 bits per heavy atom. The molecular formula is C20H13F2N5O. The van der Waals surface area contributed by atoms with Gasteiger partial charge in [0.2, 0.25) is 0 Å². The Balaban J connectivity index is 1.53. The molecular weight excluding hydrogens is 364 g/mol. The molecule has 2 N–H and O–H groups in total. The molecule has 28 heavy (non-hydrogen) atoms. The maximum absolute atomic E-state index is 13.7. The maximum Gasteiger partial charge on any atom is 0.276 e.